The minimum Gasteiger partial charge on any atom is -0.494 e. The molecule has 1 N–H and O–H groups in total. The van der Waals surface area contributed by atoms with Crippen molar-refractivity contribution in [3.63, 3.8) is 0 Å². The summed E-state index contributed by atoms with van der Waals surface area (Å²) in [6.07, 6.45) is 0.658. The fraction of sp³-hybridized carbons (Fsp3) is 0.182. The molecule has 120 valence electrons. The predicted molar refractivity (Wildman–Crippen MR) is 96.5 cm³/mol. The van der Waals surface area contributed by atoms with E-state index in [1.165, 1.54) is 27.8 Å². The molecule has 2 heteroatoms. The summed E-state index contributed by atoms with van der Waals surface area (Å²) < 4.78 is 5.64. The van der Waals surface area contributed by atoms with Gasteiger partial charge in [-0.1, -0.05) is 60.7 Å². The van der Waals surface area contributed by atoms with Crippen LogP contribution in [-0.4, -0.2) is 18.3 Å². The van der Waals surface area contributed by atoms with Gasteiger partial charge in [0, 0.05) is 18.9 Å². The van der Waals surface area contributed by atoms with E-state index < -0.39 is 0 Å². The Hall–Kier alpha value is -2.58. The number of aliphatic hydroxyl groups is 1. The Balaban J connectivity index is 1.69. The molecule has 2 nitrogen and oxygen atoms in total. The van der Waals surface area contributed by atoms with E-state index in [1.807, 2.05) is 12.1 Å². The minimum absolute atomic E-state index is 0.160. The maximum absolute atomic E-state index is 8.84. The molecular formula is C22H20O2. The van der Waals surface area contributed by atoms with Crippen LogP contribution in [0.2, 0.25) is 0 Å². The zero-order valence-electron chi connectivity index (χ0n) is 13.5. The van der Waals surface area contributed by atoms with Crippen LogP contribution in [0.1, 0.15) is 29.0 Å². The highest BCUT2D eigenvalue weighted by Crippen LogP contribution is 2.47. The van der Waals surface area contributed by atoms with Crippen LogP contribution in [0.4, 0.5) is 0 Å². The van der Waals surface area contributed by atoms with Gasteiger partial charge < -0.3 is 9.84 Å². The Kier molecular flexibility index (Phi) is 4.06. The molecule has 0 heterocycles. The first-order valence-electron chi connectivity index (χ1n) is 8.40. The smallest absolute Gasteiger partial charge is 0.119 e. The summed E-state index contributed by atoms with van der Waals surface area (Å²) in [5, 5.41) is 8.84. The zero-order valence-corrected chi connectivity index (χ0v) is 13.5. The van der Waals surface area contributed by atoms with Gasteiger partial charge in [0.1, 0.15) is 5.75 Å². The van der Waals surface area contributed by atoms with Crippen LogP contribution in [0.25, 0.3) is 11.1 Å². The fourth-order valence-electron chi connectivity index (χ4n) is 3.53. The Labute approximate surface area is 142 Å². The Morgan fingerprint density at radius 1 is 0.750 bits per heavy atom. The number of aliphatic hydroxyl groups excluding tert-OH is 1. The molecule has 24 heavy (non-hydrogen) atoms. The zero-order chi connectivity index (χ0) is 16.4. The summed E-state index contributed by atoms with van der Waals surface area (Å²) in [5.41, 5.74) is 6.69. The molecule has 0 unspecified atom stereocenters. The summed E-state index contributed by atoms with van der Waals surface area (Å²) in [6, 6.07) is 25.7. The molecule has 1 aliphatic carbocycles. The van der Waals surface area contributed by atoms with Gasteiger partial charge >= 0.3 is 0 Å². The van der Waals surface area contributed by atoms with Gasteiger partial charge in [-0.25, -0.2) is 0 Å². The molecular weight excluding hydrogens is 296 g/mol. The SMILES string of the molecule is OCCCOc1ccc(C2c3ccccc3-c3ccccc32)cc1. The van der Waals surface area contributed by atoms with Crippen LogP contribution in [0.3, 0.4) is 0 Å². The predicted octanol–water partition coefficient (Wildman–Crippen LogP) is 4.61. The van der Waals surface area contributed by atoms with Crippen molar-refractivity contribution in [2.45, 2.75) is 12.3 Å². The fourth-order valence-corrected chi connectivity index (χ4v) is 3.53. The Morgan fingerprint density at radius 3 is 1.92 bits per heavy atom. The van der Waals surface area contributed by atoms with Gasteiger partial charge in [0.25, 0.3) is 0 Å². The molecule has 0 atom stereocenters. The van der Waals surface area contributed by atoms with Gasteiger partial charge in [0.15, 0.2) is 0 Å². The quantitative estimate of drug-likeness (QED) is 0.545. The molecule has 0 saturated carbocycles. The molecule has 3 aromatic carbocycles. The van der Waals surface area contributed by atoms with Crippen LogP contribution in [0.15, 0.2) is 72.8 Å². The second-order valence-electron chi connectivity index (χ2n) is 6.10. The van der Waals surface area contributed by atoms with Crippen molar-refractivity contribution >= 4 is 0 Å². The van der Waals surface area contributed by atoms with Crippen molar-refractivity contribution in [3.05, 3.63) is 89.5 Å². The minimum atomic E-state index is 0.160. The summed E-state index contributed by atoms with van der Waals surface area (Å²) in [7, 11) is 0. The molecule has 0 saturated heterocycles. The molecule has 0 fully saturated rings. The van der Waals surface area contributed by atoms with Crippen molar-refractivity contribution < 1.29 is 9.84 Å². The number of ether oxygens (including phenoxy) is 1. The molecule has 0 spiro atoms. The van der Waals surface area contributed by atoms with Crippen LogP contribution in [0.5, 0.6) is 5.75 Å². The lowest BCUT2D eigenvalue weighted by molar-refractivity contribution is 0.233. The van der Waals surface area contributed by atoms with E-state index in [-0.39, 0.29) is 12.5 Å². The topological polar surface area (TPSA) is 29.5 Å². The van der Waals surface area contributed by atoms with E-state index in [2.05, 4.69) is 60.7 Å². The molecule has 0 aromatic heterocycles. The molecule has 0 amide bonds. The highest BCUT2D eigenvalue weighted by atomic mass is 16.5. The van der Waals surface area contributed by atoms with Crippen LogP contribution in [0, 0.1) is 0 Å². The van der Waals surface area contributed by atoms with Crippen LogP contribution >= 0.6 is 0 Å². The second-order valence-corrected chi connectivity index (χ2v) is 6.10. The Morgan fingerprint density at radius 2 is 1.33 bits per heavy atom. The average Bonchev–Trinajstić information content (AvgIpc) is 2.97. The lowest BCUT2D eigenvalue weighted by atomic mass is 9.89. The Bertz CT molecular complexity index is 791. The van der Waals surface area contributed by atoms with Crippen molar-refractivity contribution in [1.29, 1.82) is 0 Å². The third-order valence-electron chi connectivity index (χ3n) is 4.62. The third kappa shape index (κ3) is 2.59. The van der Waals surface area contributed by atoms with Crippen molar-refractivity contribution in [2.24, 2.45) is 0 Å². The highest BCUT2D eigenvalue weighted by molar-refractivity contribution is 5.80. The molecule has 0 aliphatic heterocycles. The van der Waals surface area contributed by atoms with Crippen molar-refractivity contribution in [1.82, 2.24) is 0 Å². The summed E-state index contributed by atoms with van der Waals surface area (Å²) in [6.45, 7) is 0.707. The normalized spacial score (nSPS) is 12.7. The standard InChI is InChI=1S/C22H20O2/c23-14-5-15-24-17-12-10-16(11-13-17)22-20-8-3-1-6-18(20)19-7-2-4-9-21(19)22/h1-4,6-13,22-23H,5,14-15H2. The lowest BCUT2D eigenvalue weighted by Crippen LogP contribution is -2.01. The molecule has 0 radical (unpaired) electrons. The summed E-state index contributed by atoms with van der Waals surface area (Å²) in [4.78, 5) is 0. The molecule has 3 aromatic rings. The maximum Gasteiger partial charge on any atom is 0.119 e. The van der Waals surface area contributed by atoms with E-state index in [1.54, 1.807) is 0 Å². The van der Waals surface area contributed by atoms with Gasteiger partial charge in [0.2, 0.25) is 0 Å². The second kappa shape index (κ2) is 6.50. The van der Waals surface area contributed by atoms with E-state index in [4.69, 9.17) is 9.84 Å². The van der Waals surface area contributed by atoms with Crippen LogP contribution < -0.4 is 4.74 Å². The monoisotopic (exact) mass is 316 g/mol. The van der Waals surface area contributed by atoms with Gasteiger partial charge in [-0.05, 0) is 39.9 Å². The van der Waals surface area contributed by atoms with E-state index in [0.29, 0.717) is 13.0 Å². The van der Waals surface area contributed by atoms with Crippen molar-refractivity contribution in [2.75, 3.05) is 13.2 Å². The number of rotatable bonds is 5. The maximum atomic E-state index is 8.84. The number of benzene rings is 3. The highest BCUT2D eigenvalue weighted by Gasteiger charge is 2.28. The molecule has 0 bridgehead atoms. The van der Waals surface area contributed by atoms with Gasteiger partial charge in [-0.15, -0.1) is 0 Å². The first-order valence-corrected chi connectivity index (χ1v) is 8.40. The molecule has 4 rings (SSSR count). The largest absolute Gasteiger partial charge is 0.494 e. The van der Waals surface area contributed by atoms with Crippen molar-refractivity contribution in [3.8, 4) is 16.9 Å². The third-order valence-corrected chi connectivity index (χ3v) is 4.62. The van der Waals surface area contributed by atoms with Gasteiger partial charge in [0.05, 0.1) is 6.61 Å². The summed E-state index contributed by atoms with van der Waals surface area (Å²) >= 11 is 0. The first-order chi connectivity index (χ1) is 11.9. The number of fused-ring (bicyclic) bond motifs is 3. The van der Waals surface area contributed by atoms with Gasteiger partial charge in [-0.2, -0.15) is 0 Å². The average molecular weight is 316 g/mol. The number of hydrogen-bond acceptors (Lipinski definition) is 2. The van der Waals surface area contributed by atoms with E-state index >= 15 is 0 Å². The van der Waals surface area contributed by atoms with Crippen LogP contribution in [-0.2, 0) is 0 Å². The lowest BCUT2D eigenvalue weighted by Gasteiger charge is -2.15. The molecule has 1 aliphatic rings. The van der Waals surface area contributed by atoms with Gasteiger partial charge in [-0.3, -0.25) is 0 Å². The summed E-state index contributed by atoms with van der Waals surface area (Å²) in [5.74, 6) is 1.13. The van der Waals surface area contributed by atoms with E-state index in [0.717, 1.165) is 5.75 Å². The number of hydrogen-bond donors (Lipinski definition) is 1. The van der Waals surface area contributed by atoms with E-state index in [9.17, 15) is 0 Å². The first kappa shape index (κ1) is 15.0.